The van der Waals surface area contributed by atoms with Gasteiger partial charge < -0.3 is 5.32 Å². The number of aromatic nitrogens is 5. The maximum atomic E-state index is 12.4. The molecule has 0 bridgehead atoms. The largest absolute Gasteiger partial charge is 0.325 e. The van der Waals surface area contributed by atoms with Crippen LogP contribution in [0.1, 0.15) is 11.1 Å². The summed E-state index contributed by atoms with van der Waals surface area (Å²) in [6.07, 6.45) is 3.69. The van der Waals surface area contributed by atoms with Gasteiger partial charge in [0.05, 0.1) is 23.1 Å². The molecule has 0 aliphatic carbocycles. The summed E-state index contributed by atoms with van der Waals surface area (Å²) < 4.78 is 3.63. The molecule has 0 saturated heterocycles. The van der Waals surface area contributed by atoms with E-state index in [0.29, 0.717) is 22.1 Å². The van der Waals surface area contributed by atoms with Gasteiger partial charge in [-0.25, -0.2) is 4.52 Å². The van der Waals surface area contributed by atoms with Crippen LogP contribution in [0.3, 0.4) is 0 Å². The number of fused-ring (bicyclic) bond motifs is 3. The van der Waals surface area contributed by atoms with Gasteiger partial charge in [0, 0.05) is 23.6 Å². The average Bonchev–Trinajstić information content (AvgIpc) is 3.42. The van der Waals surface area contributed by atoms with Gasteiger partial charge in [-0.2, -0.15) is 10.4 Å². The fourth-order valence-corrected chi connectivity index (χ4v) is 4.07. The van der Waals surface area contributed by atoms with E-state index in [1.807, 2.05) is 35.0 Å². The number of nitrogens with one attached hydrogen (secondary N) is 1. The third-order valence-corrected chi connectivity index (χ3v) is 5.88. The Hall–Kier alpha value is -4.16. The molecular weight excluding hydrogens is 422 g/mol. The molecule has 2 aromatic carbocycles. The van der Waals surface area contributed by atoms with Crippen LogP contribution in [0.2, 0.25) is 0 Å². The average molecular weight is 440 g/mol. The van der Waals surface area contributed by atoms with Gasteiger partial charge in [-0.1, -0.05) is 47.7 Å². The minimum atomic E-state index is -0.186. The Balaban J connectivity index is 1.36. The predicted molar refractivity (Wildman–Crippen MR) is 122 cm³/mol. The quantitative estimate of drug-likeness (QED) is 0.416. The molecule has 0 unspecified atom stereocenters. The summed E-state index contributed by atoms with van der Waals surface area (Å²) >= 11 is 1.29. The summed E-state index contributed by atoms with van der Waals surface area (Å²) in [6, 6.07) is 19.1. The van der Waals surface area contributed by atoms with Gasteiger partial charge in [-0.3, -0.25) is 9.20 Å². The minimum Gasteiger partial charge on any atom is -0.325 e. The highest BCUT2D eigenvalue weighted by molar-refractivity contribution is 7.99. The number of rotatable bonds is 5. The molecule has 0 spiro atoms. The third-order valence-electron chi connectivity index (χ3n) is 4.94. The van der Waals surface area contributed by atoms with E-state index in [2.05, 4.69) is 45.7 Å². The van der Waals surface area contributed by atoms with Crippen LogP contribution in [0.15, 0.2) is 72.1 Å². The normalized spacial score (nSPS) is 11.0. The van der Waals surface area contributed by atoms with Crippen molar-refractivity contribution in [1.29, 1.82) is 5.26 Å². The monoisotopic (exact) mass is 439 g/mol. The lowest BCUT2D eigenvalue weighted by Gasteiger charge is -2.05. The van der Waals surface area contributed by atoms with Crippen LogP contribution in [0.5, 0.6) is 0 Å². The van der Waals surface area contributed by atoms with Crippen molar-refractivity contribution in [2.75, 3.05) is 11.1 Å². The second-order valence-corrected chi connectivity index (χ2v) is 8.17. The number of carbonyl (C=O) groups is 1. The van der Waals surface area contributed by atoms with Crippen molar-refractivity contribution in [3.05, 3.63) is 78.1 Å². The van der Waals surface area contributed by atoms with Crippen LogP contribution in [0.25, 0.3) is 22.4 Å². The zero-order valence-corrected chi connectivity index (χ0v) is 17.9. The Kier molecular flexibility index (Phi) is 5.05. The number of amides is 1. The first-order valence-electron chi connectivity index (χ1n) is 9.84. The van der Waals surface area contributed by atoms with Gasteiger partial charge in [0.2, 0.25) is 5.91 Å². The molecule has 0 aliphatic rings. The number of hydrogen-bond donors (Lipinski definition) is 1. The van der Waals surface area contributed by atoms with E-state index < -0.39 is 0 Å². The van der Waals surface area contributed by atoms with Gasteiger partial charge in [0.25, 0.3) is 0 Å². The molecular formula is C23H17N7OS. The Morgan fingerprint density at radius 3 is 2.78 bits per heavy atom. The maximum Gasteiger partial charge on any atom is 0.234 e. The Labute approximate surface area is 187 Å². The van der Waals surface area contributed by atoms with Gasteiger partial charge in [0.1, 0.15) is 5.52 Å². The highest BCUT2D eigenvalue weighted by Crippen LogP contribution is 2.24. The van der Waals surface area contributed by atoms with E-state index in [0.717, 1.165) is 16.8 Å². The van der Waals surface area contributed by atoms with Crippen LogP contribution < -0.4 is 5.32 Å². The van der Waals surface area contributed by atoms with E-state index in [-0.39, 0.29) is 11.7 Å². The van der Waals surface area contributed by atoms with Crippen molar-refractivity contribution >= 4 is 34.5 Å². The Morgan fingerprint density at radius 1 is 1.12 bits per heavy atom. The molecule has 1 amide bonds. The molecule has 0 fully saturated rings. The topological polar surface area (TPSA) is 100 Å². The molecule has 3 heterocycles. The highest BCUT2D eigenvalue weighted by atomic mass is 32.2. The van der Waals surface area contributed by atoms with E-state index >= 15 is 0 Å². The van der Waals surface area contributed by atoms with Crippen molar-refractivity contribution in [3.8, 4) is 17.3 Å². The first kappa shape index (κ1) is 19.8. The van der Waals surface area contributed by atoms with Crippen molar-refractivity contribution < 1.29 is 4.79 Å². The summed E-state index contributed by atoms with van der Waals surface area (Å²) in [4.78, 5) is 12.4. The zero-order valence-electron chi connectivity index (χ0n) is 17.1. The Morgan fingerprint density at radius 2 is 1.97 bits per heavy atom. The summed E-state index contributed by atoms with van der Waals surface area (Å²) in [5.74, 6) is -0.0229. The van der Waals surface area contributed by atoms with Gasteiger partial charge in [-0.05, 0) is 31.2 Å². The second-order valence-electron chi connectivity index (χ2n) is 7.23. The smallest absolute Gasteiger partial charge is 0.234 e. The number of aryl methyl sites for hydroxylation is 1. The lowest BCUT2D eigenvalue weighted by atomic mass is 10.1. The van der Waals surface area contributed by atoms with Gasteiger partial charge in [0.15, 0.2) is 10.8 Å². The fourth-order valence-electron chi connectivity index (χ4n) is 3.35. The highest BCUT2D eigenvalue weighted by Gasteiger charge is 2.14. The zero-order chi connectivity index (χ0) is 22.1. The molecule has 9 heteroatoms. The van der Waals surface area contributed by atoms with Crippen LogP contribution in [0.4, 0.5) is 5.69 Å². The maximum absolute atomic E-state index is 12.4. The standard InChI is InChI=1S/C23H17N7OS/c1-15-5-7-17(8-6-15)19-12-20-22-26-27-23(29(22)9-10-30(20)28-19)32-14-21(31)25-18-4-2-3-16(11-18)13-24/h2-12H,14H2,1H3,(H,25,31). The number of anilines is 1. The first-order valence-corrected chi connectivity index (χ1v) is 10.8. The van der Waals surface area contributed by atoms with Crippen LogP contribution in [-0.2, 0) is 4.79 Å². The summed E-state index contributed by atoms with van der Waals surface area (Å²) in [7, 11) is 0. The number of nitrogens with zero attached hydrogens (tertiary/aromatic N) is 6. The van der Waals surface area contributed by atoms with Crippen LogP contribution >= 0.6 is 11.8 Å². The molecule has 32 heavy (non-hydrogen) atoms. The molecule has 5 rings (SSSR count). The number of benzene rings is 2. The van der Waals surface area contributed by atoms with E-state index in [4.69, 9.17) is 5.26 Å². The van der Waals surface area contributed by atoms with E-state index in [9.17, 15) is 4.79 Å². The van der Waals surface area contributed by atoms with Crippen molar-refractivity contribution in [1.82, 2.24) is 24.2 Å². The molecule has 0 atom stereocenters. The molecule has 156 valence electrons. The summed E-state index contributed by atoms with van der Waals surface area (Å²) in [5, 5.41) is 25.6. The Bertz CT molecular complexity index is 1490. The third kappa shape index (κ3) is 3.79. The molecule has 1 N–H and O–H groups in total. The molecule has 0 radical (unpaired) electrons. The van der Waals surface area contributed by atoms with Gasteiger partial charge in [-0.15, -0.1) is 10.2 Å². The van der Waals surface area contributed by atoms with Crippen molar-refractivity contribution in [3.63, 3.8) is 0 Å². The minimum absolute atomic E-state index is 0.163. The SMILES string of the molecule is Cc1ccc(-c2cc3c4nnc(SCC(=O)Nc5cccc(C#N)c5)n4ccn3n2)cc1. The van der Waals surface area contributed by atoms with Crippen molar-refractivity contribution in [2.24, 2.45) is 0 Å². The summed E-state index contributed by atoms with van der Waals surface area (Å²) in [5.41, 5.74) is 5.67. The number of carbonyl (C=O) groups excluding carboxylic acids is 1. The van der Waals surface area contributed by atoms with E-state index in [1.165, 1.54) is 17.3 Å². The molecule has 0 aliphatic heterocycles. The van der Waals surface area contributed by atoms with Crippen LogP contribution in [0, 0.1) is 18.3 Å². The molecule has 5 aromatic rings. The van der Waals surface area contributed by atoms with E-state index in [1.54, 1.807) is 28.8 Å². The lowest BCUT2D eigenvalue weighted by molar-refractivity contribution is -0.113. The number of nitriles is 1. The van der Waals surface area contributed by atoms with Crippen LogP contribution in [-0.4, -0.2) is 35.9 Å². The molecule has 3 aromatic heterocycles. The predicted octanol–water partition coefficient (Wildman–Crippen LogP) is 3.95. The summed E-state index contributed by atoms with van der Waals surface area (Å²) in [6.45, 7) is 2.05. The molecule has 8 nitrogen and oxygen atoms in total. The first-order chi connectivity index (χ1) is 15.6. The van der Waals surface area contributed by atoms with Crippen molar-refractivity contribution in [2.45, 2.75) is 12.1 Å². The molecule has 0 saturated carbocycles. The number of thioether (sulfide) groups is 1. The fraction of sp³-hybridized carbons (Fsp3) is 0.0870. The number of hydrogen-bond acceptors (Lipinski definition) is 6. The lowest BCUT2D eigenvalue weighted by Crippen LogP contribution is -2.14. The van der Waals surface area contributed by atoms with Gasteiger partial charge >= 0.3 is 0 Å². The second kappa shape index (κ2) is 8.17.